The second-order valence-electron chi connectivity index (χ2n) is 10.9. The van der Waals surface area contributed by atoms with Gasteiger partial charge in [-0.25, -0.2) is 0 Å². The quantitative estimate of drug-likeness (QED) is 0.624. The summed E-state index contributed by atoms with van der Waals surface area (Å²) in [4.78, 5) is 14.1. The number of aliphatic hydroxyl groups is 2. The maximum absolute atomic E-state index is 14.1. The summed E-state index contributed by atoms with van der Waals surface area (Å²) < 4.78 is 12.1. The molecule has 0 aromatic rings. The number of Topliss-reactive ketones (excluding diaryl/α,β-unsaturated/α-hetero) is 1. The van der Waals surface area contributed by atoms with Gasteiger partial charge in [-0.05, 0) is 61.5 Å². The number of hydrogen-bond donors (Lipinski definition) is 2. The number of ether oxygens (including phenoxy) is 2. The normalized spacial score (nSPS) is 53.1. The molecule has 154 valence electrons. The van der Waals surface area contributed by atoms with E-state index >= 15 is 0 Å². The van der Waals surface area contributed by atoms with Crippen LogP contribution >= 0.6 is 0 Å². The fourth-order valence-electron chi connectivity index (χ4n) is 7.14. The molecule has 1 saturated heterocycles. The minimum Gasteiger partial charge on any atom is -0.386 e. The Morgan fingerprint density at radius 1 is 1.21 bits per heavy atom. The molecule has 0 amide bonds. The van der Waals surface area contributed by atoms with Crippen molar-refractivity contribution >= 4 is 5.78 Å². The van der Waals surface area contributed by atoms with E-state index in [0.717, 1.165) is 12.0 Å². The summed E-state index contributed by atoms with van der Waals surface area (Å²) in [7, 11) is 0. The third kappa shape index (κ3) is 1.95. The van der Waals surface area contributed by atoms with E-state index in [2.05, 4.69) is 20.8 Å². The van der Waals surface area contributed by atoms with Crippen LogP contribution in [0.3, 0.4) is 0 Å². The number of carbonyl (C=O) groups excluding carboxylic acids is 1. The van der Waals surface area contributed by atoms with Crippen molar-refractivity contribution in [2.75, 3.05) is 6.61 Å². The Morgan fingerprint density at radius 3 is 2.57 bits per heavy atom. The Hall–Kier alpha value is -1.01. The smallest absolute Gasteiger partial charge is 0.164 e. The van der Waals surface area contributed by atoms with Crippen LogP contribution in [0.25, 0.3) is 0 Å². The van der Waals surface area contributed by atoms with E-state index in [-0.39, 0.29) is 29.0 Å². The van der Waals surface area contributed by atoms with Gasteiger partial charge >= 0.3 is 0 Å². The van der Waals surface area contributed by atoms with Crippen LogP contribution in [0.4, 0.5) is 0 Å². The lowest BCUT2D eigenvalue weighted by molar-refractivity contribution is -0.303. The SMILES string of the molecule is CC1=C[C@@]23C(=O)[C@@H](C=C4COC(C)(C)O[C@H]4[C@]2(O)[C@H]1O)[C@H]1[C@H](C[C@H]3C)C1(C)C. The molecule has 3 fully saturated rings. The van der Waals surface area contributed by atoms with Crippen molar-refractivity contribution in [2.45, 2.75) is 71.6 Å². The Labute approximate surface area is 166 Å². The zero-order valence-corrected chi connectivity index (χ0v) is 17.7. The van der Waals surface area contributed by atoms with E-state index in [0.29, 0.717) is 18.1 Å². The van der Waals surface area contributed by atoms with Gasteiger partial charge < -0.3 is 19.7 Å². The van der Waals surface area contributed by atoms with Crippen LogP contribution in [0.5, 0.6) is 0 Å². The van der Waals surface area contributed by atoms with Gasteiger partial charge in [0.05, 0.1) is 12.0 Å². The Morgan fingerprint density at radius 2 is 1.89 bits per heavy atom. The molecule has 1 heterocycles. The third-order valence-electron chi connectivity index (χ3n) is 8.71. The highest BCUT2D eigenvalue weighted by Gasteiger charge is 2.76. The average Bonchev–Trinajstić information content (AvgIpc) is 3.10. The summed E-state index contributed by atoms with van der Waals surface area (Å²) in [5.74, 6) is -0.504. The number of allylic oxidation sites excluding steroid dienone is 1. The van der Waals surface area contributed by atoms with Gasteiger partial charge in [-0.15, -0.1) is 0 Å². The first-order chi connectivity index (χ1) is 12.9. The van der Waals surface area contributed by atoms with E-state index in [4.69, 9.17) is 9.47 Å². The van der Waals surface area contributed by atoms with E-state index in [1.165, 1.54) is 0 Å². The van der Waals surface area contributed by atoms with Gasteiger partial charge in [0.25, 0.3) is 0 Å². The highest BCUT2D eigenvalue weighted by molar-refractivity contribution is 5.95. The predicted octanol–water partition coefficient (Wildman–Crippen LogP) is 2.61. The molecule has 0 radical (unpaired) electrons. The van der Waals surface area contributed by atoms with E-state index < -0.39 is 29.0 Å². The van der Waals surface area contributed by atoms with Crippen molar-refractivity contribution < 1.29 is 24.5 Å². The van der Waals surface area contributed by atoms with Gasteiger partial charge in [0.2, 0.25) is 0 Å². The van der Waals surface area contributed by atoms with Crippen LogP contribution in [0.1, 0.15) is 48.0 Å². The van der Waals surface area contributed by atoms with Gasteiger partial charge in [0.15, 0.2) is 11.6 Å². The molecule has 5 rings (SSSR count). The van der Waals surface area contributed by atoms with Gasteiger partial charge in [-0.1, -0.05) is 32.9 Å². The topological polar surface area (TPSA) is 76.0 Å². The van der Waals surface area contributed by atoms with Crippen molar-refractivity contribution in [3.05, 3.63) is 23.3 Å². The molecule has 5 heteroatoms. The summed E-state index contributed by atoms with van der Waals surface area (Å²) in [5, 5.41) is 23.4. The second-order valence-corrected chi connectivity index (χ2v) is 10.9. The lowest BCUT2D eigenvalue weighted by atomic mass is 9.59. The first-order valence-corrected chi connectivity index (χ1v) is 10.5. The molecular formula is C23H32O5. The standard InChI is InChI=1S/C23H32O5/c1-11-9-22-12(2)7-15-16(20(15,3)4)14(18(22)25)8-13-10-27-21(5,6)28-19(13)23(22,26)17(11)24/h8-9,12,14-17,19,24,26H,7,10H2,1-6H3/t12-,14+,15+,16+,17+,19-,22-,23-/m1/s1. The molecule has 2 bridgehead atoms. The molecule has 1 aliphatic heterocycles. The zero-order valence-electron chi connectivity index (χ0n) is 17.7. The number of rotatable bonds is 0. The Bertz CT molecular complexity index is 823. The average molecular weight is 389 g/mol. The van der Waals surface area contributed by atoms with Gasteiger partial charge in [0.1, 0.15) is 17.8 Å². The van der Waals surface area contributed by atoms with E-state index in [1.54, 1.807) is 0 Å². The molecular weight excluding hydrogens is 356 g/mol. The van der Waals surface area contributed by atoms with Crippen LogP contribution in [-0.4, -0.2) is 46.2 Å². The number of fused-ring (bicyclic) bond motifs is 5. The maximum atomic E-state index is 14.1. The summed E-state index contributed by atoms with van der Waals surface area (Å²) in [5.41, 5.74) is -1.29. The molecule has 2 N–H and O–H groups in total. The molecule has 0 unspecified atom stereocenters. The highest BCUT2D eigenvalue weighted by Crippen LogP contribution is 2.72. The van der Waals surface area contributed by atoms with E-state index in [1.807, 2.05) is 32.9 Å². The van der Waals surface area contributed by atoms with Crippen molar-refractivity contribution in [3.8, 4) is 0 Å². The highest BCUT2D eigenvalue weighted by atomic mass is 16.7. The molecule has 5 nitrogen and oxygen atoms in total. The van der Waals surface area contributed by atoms with Crippen LogP contribution in [0.2, 0.25) is 0 Å². The van der Waals surface area contributed by atoms with Crippen molar-refractivity contribution in [2.24, 2.45) is 34.5 Å². The third-order valence-corrected chi connectivity index (χ3v) is 8.71. The second kappa shape index (κ2) is 5.18. The molecule has 28 heavy (non-hydrogen) atoms. The summed E-state index contributed by atoms with van der Waals surface area (Å²) in [6.07, 6.45) is 2.85. The van der Waals surface area contributed by atoms with Crippen LogP contribution in [0, 0.1) is 34.5 Å². The summed E-state index contributed by atoms with van der Waals surface area (Å²) >= 11 is 0. The number of aliphatic hydroxyl groups excluding tert-OH is 1. The fourth-order valence-corrected chi connectivity index (χ4v) is 7.14. The van der Waals surface area contributed by atoms with Crippen LogP contribution in [-0.2, 0) is 14.3 Å². The Balaban J connectivity index is 1.77. The monoisotopic (exact) mass is 388 g/mol. The van der Waals surface area contributed by atoms with Crippen LogP contribution in [0.15, 0.2) is 23.3 Å². The van der Waals surface area contributed by atoms with Crippen molar-refractivity contribution in [3.63, 3.8) is 0 Å². The molecule has 2 saturated carbocycles. The molecule has 1 spiro atoms. The Kier molecular flexibility index (Phi) is 3.51. The molecule has 4 aliphatic carbocycles. The first-order valence-electron chi connectivity index (χ1n) is 10.5. The number of hydrogen-bond acceptors (Lipinski definition) is 5. The number of carbonyl (C=O) groups is 1. The minimum absolute atomic E-state index is 0.0415. The van der Waals surface area contributed by atoms with E-state index in [9.17, 15) is 15.0 Å². The summed E-state index contributed by atoms with van der Waals surface area (Å²) in [6.45, 7) is 12.3. The fraction of sp³-hybridized carbons (Fsp3) is 0.783. The van der Waals surface area contributed by atoms with Crippen molar-refractivity contribution in [1.29, 1.82) is 0 Å². The lowest BCUT2D eigenvalue weighted by Crippen LogP contribution is -2.67. The molecule has 5 aliphatic rings. The van der Waals surface area contributed by atoms with Gasteiger partial charge in [-0.3, -0.25) is 4.79 Å². The predicted molar refractivity (Wildman–Crippen MR) is 103 cm³/mol. The molecule has 8 atom stereocenters. The molecule has 0 aromatic carbocycles. The lowest BCUT2D eigenvalue weighted by Gasteiger charge is -2.52. The minimum atomic E-state index is -1.71. The first kappa shape index (κ1) is 19.0. The van der Waals surface area contributed by atoms with Crippen molar-refractivity contribution in [1.82, 2.24) is 0 Å². The summed E-state index contributed by atoms with van der Waals surface area (Å²) in [6, 6.07) is 0. The van der Waals surface area contributed by atoms with Crippen LogP contribution < -0.4 is 0 Å². The largest absolute Gasteiger partial charge is 0.386 e. The molecule has 0 aromatic heterocycles. The van der Waals surface area contributed by atoms with Gasteiger partial charge in [-0.2, -0.15) is 0 Å². The zero-order chi connectivity index (χ0) is 20.4. The maximum Gasteiger partial charge on any atom is 0.164 e. The van der Waals surface area contributed by atoms with Gasteiger partial charge in [0, 0.05) is 5.92 Å². The number of ketones is 1.